The van der Waals surface area contributed by atoms with Gasteiger partial charge in [-0.1, -0.05) is 27.7 Å². The van der Waals surface area contributed by atoms with E-state index in [1.165, 1.54) is 11.3 Å². The first-order valence-corrected chi connectivity index (χ1v) is 5.98. The molecule has 2 aromatic heterocycles. The van der Waals surface area contributed by atoms with E-state index in [-0.39, 0.29) is 0 Å². The molecule has 0 aliphatic rings. The van der Waals surface area contributed by atoms with Gasteiger partial charge in [-0.2, -0.15) is 0 Å². The van der Waals surface area contributed by atoms with Gasteiger partial charge in [0, 0.05) is 24.3 Å². The minimum atomic E-state index is 1.22. The molecule has 0 aliphatic carbocycles. The summed E-state index contributed by atoms with van der Waals surface area (Å²) < 4.78 is 0. The second-order valence-corrected chi connectivity index (χ2v) is 2.74. The van der Waals surface area contributed by atoms with Crippen LogP contribution >= 0.6 is 0 Å². The lowest BCUT2D eigenvalue weighted by molar-refractivity contribution is 1.27. The maximum Gasteiger partial charge on any atom is 0.0115 e. The fraction of sp³-hybridized carbons (Fsp3) is 0.429. The molecular weight excluding hydrogens is 196 g/mol. The van der Waals surface area contributed by atoms with Gasteiger partial charge < -0.3 is 9.97 Å². The predicted octanol–water partition coefficient (Wildman–Crippen LogP) is 4.70. The van der Waals surface area contributed by atoms with Crippen LogP contribution in [0.5, 0.6) is 0 Å². The molecule has 2 heterocycles. The van der Waals surface area contributed by atoms with Gasteiger partial charge in [0.15, 0.2) is 0 Å². The molecule has 0 aromatic carbocycles. The molecule has 0 bridgehead atoms. The Morgan fingerprint density at radius 1 is 0.875 bits per heavy atom. The molecule has 16 heavy (non-hydrogen) atoms. The molecule has 0 saturated carbocycles. The molecule has 0 unspecified atom stereocenters. The first kappa shape index (κ1) is 17.0. The molecule has 0 fully saturated rings. The van der Waals surface area contributed by atoms with Crippen molar-refractivity contribution in [1.29, 1.82) is 0 Å². The summed E-state index contributed by atoms with van der Waals surface area (Å²) in [6.07, 6.45) is 5.78. The van der Waals surface area contributed by atoms with Crippen LogP contribution in [0.25, 0.3) is 0 Å². The third-order valence-electron chi connectivity index (χ3n) is 1.51. The maximum absolute atomic E-state index is 3.00. The monoisotopic (exact) mass is 222 g/mol. The summed E-state index contributed by atoms with van der Waals surface area (Å²) in [6.45, 7) is 12.1. The number of hydrogen-bond acceptors (Lipinski definition) is 0. The molecular formula is C14H26N2. The molecule has 2 aromatic rings. The van der Waals surface area contributed by atoms with E-state index in [1.54, 1.807) is 0 Å². The van der Waals surface area contributed by atoms with Crippen molar-refractivity contribution in [3.63, 3.8) is 0 Å². The maximum atomic E-state index is 3.00. The standard InChI is InChI=1S/2C5H7N.2C2H6/c1-5-2-3-6-4-5;1-5-3-2-4-6-5;2*1-2/h2*2-4,6H,1H3;2*1-2H3. The predicted molar refractivity (Wildman–Crippen MR) is 73.8 cm³/mol. The lowest BCUT2D eigenvalue weighted by Crippen LogP contribution is -1.59. The third kappa shape index (κ3) is 10.6. The number of nitrogens with one attached hydrogen (secondary N) is 2. The highest BCUT2D eigenvalue weighted by atomic mass is 14.7. The second-order valence-electron chi connectivity index (χ2n) is 2.74. The van der Waals surface area contributed by atoms with Crippen molar-refractivity contribution in [2.75, 3.05) is 0 Å². The van der Waals surface area contributed by atoms with E-state index in [4.69, 9.17) is 0 Å². The molecule has 0 spiro atoms. The third-order valence-corrected chi connectivity index (χ3v) is 1.51. The molecule has 2 N–H and O–H groups in total. The topological polar surface area (TPSA) is 31.6 Å². The summed E-state index contributed by atoms with van der Waals surface area (Å²) in [6, 6.07) is 6.04. The minimum Gasteiger partial charge on any atom is -0.367 e. The molecule has 0 atom stereocenters. The van der Waals surface area contributed by atoms with Crippen LogP contribution in [0.4, 0.5) is 0 Å². The van der Waals surface area contributed by atoms with Gasteiger partial charge in [-0.15, -0.1) is 0 Å². The van der Waals surface area contributed by atoms with Gasteiger partial charge in [-0.05, 0) is 37.6 Å². The average molecular weight is 222 g/mol. The molecule has 92 valence electrons. The van der Waals surface area contributed by atoms with Crippen molar-refractivity contribution in [1.82, 2.24) is 9.97 Å². The summed E-state index contributed by atoms with van der Waals surface area (Å²) in [7, 11) is 0. The average Bonchev–Trinajstić information content (AvgIpc) is 2.98. The summed E-state index contributed by atoms with van der Waals surface area (Å²) in [5, 5.41) is 0. The van der Waals surface area contributed by atoms with Crippen LogP contribution in [-0.2, 0) is 0 Å². The number of H-pyrrole nitrogens is 2. The molecule has 2 rings (SSSR count). The zero-order valence-corrected chi connectivity index (χ0v) is 11.5. The van der Waals surface area contributed by atoms with E-state index < -0.39 is 0 Å². The molecule has 0 radical (unpaired) electrons. The van der Waals surface area contributed by atoms with Crippen LogP contribution in [0.1, 0.15) is 39.0 Å². The fourth-order valence-electron chi connectivity index (χ4n) is 0.827. The van der Waals surface area contributed by atoms with Crippen LogP contribution in [0.15, 0.2) is 36.8 Å². The number of hydrogen-bond donors (Lipinski definition) is 2. The summed E-state index contributed by atoms with van der Waals surface area (Å²) in [4.78, 5) is 5.93. The van der Waals surface area contributed by atoms with Gasteiger partial charge in [0.2, 0.25) is 0 Å². The van der Waals surface area contributed by atoms with Crippen LogP contribution in [0, 0.1) is 13.8 Å². The second kappa shape index (κ2) is 13.6. The van der Waals surface area contributed by atoms with Crippen LogP contribution in [-0.4, -0.2) is 9.97 Å². The number of aromatic amines is 2. The van der Waals surface area contributed by atoms with E-state index in [0.29, 0.717) is 0 Å². The Morgan fingerprint density at radius 3 is 1.62 bits per heavy atom. The zero-order chi connectivity index (χ0) is 12.8. The van der Waals surface area contributed by atoms with Crippen molar-refractivity contribution >= 4 is 0 Å². The lowest BCUT2D eigenvalue weighted by Gasteiger charge is -1.70. The Bertz CT molecular complexity index is 248. The van der Waals surface area contributed by atoms with E-state index >= 15 is 0 Å². The number of rotatable bonds is 0. The van der Waals surface area contributed by atoms with Gasteiger partial charge in [0.1, 0.15) is 0 Å². The minimum absolute atomic E-state index is 1.22. The smallest absolute Gasteiger partial charge is 0.0115 e. The van der Waals surface area contributed by atoms with Gasteiger partial charge >= 0.3 is 0 Å². The van der Waals surface area contributed by atoms with Gasteiger partial charge in [-0.3, -0.25) is 0 Å². The SMILES string of the molecule is CC.CC.Cc1cc[nH]c1.Cc1ccc[nH]1. The van der Waals surface area contributed by atoms with E-state index in [9.17, 15) is 0 Å². The van der Waals surface area contributed by atoms with Gasteiger partial charge in [0.05, 0.1) is 0 Å². The molecule has 2 heteroatoms. The molecule has 2 nitrogen and oxygen atoms in total. The lowest BCUT2D eigenvalue weighted by atomic mass is 10.4. The Hall–Kier alpha value is -1.44. The summed E-state index contributed by atoms with van der Waals surface area (Å²) >= 11 is 0. The summed E-state index contributed by atoms with van der Waals surface area (Å²) in [5.41, 5.74) is 2.50. The highest BCUT2D eigenvalue weighted by Crippen LogP contribution is 1.88. The molecule has 0 amide bonds. The van der Waals surface area contributed by atoms with Gasteiger partial charge in [-0.25, -0.2) is 0 Å². The summed E-state index contributed by atoms with van der Waals surface area (Å²) in [5.74, 6) is 0. The van der Waals surface area contributed by atoms with E-state index in [0.717, 1.165) is 0 Å². The van der Waals surface area contributed by atoms with Crippen molar-refractivity contribution < 1.29 is 0 Å². The van der Waals surface area contributed by atoms with Crippen molar-refractivity contribution in [2.45, 2.75) is 41.5 Å². The highest BCUT2D eigenvalue weighted by molar-refractivity contribution is 5.04. The van der Waals surface area contributed by atoms with E-state index in [2.05, 4.69) is 16.9 Å². The first-order valence-electron chi connectivity index (χ1n) is 5.98. The molecule has 0 saturated heterocycles. The fourth-order valence-corrected chi connectivity index (χ4v) is 0.827. The number of aromatic nitrogens is 2. The van der Waals surface area contributed by atoms with Crippen molar-refractivity contribution in [3.05, 3.63) is 48.0 Å². The molecule has 0 aliphatic heterocycles. The van der Waals surface area contributed by atoms with Crippen LogP contribution in [0.3, 0.4) is 0 Å². The quantitative estimate of drug-likeness (QED) is 0.647. The highest BCUT2D eigenvalue weighted by Gasteiger charge is 1.73. The Kier molecular flexibility index (Phi) is 14.4. The largest absolute Gasteiger partial charge is 0.367 e. The Morgan fingerprint density at radius 2 is 1.50 bits per heavy atom. The normalized spacial score (nSPS) is 7.38. The Balaban J connectivity index is 0. The first-order chi connectivity index (χ1) is 7.79. The van der Waals surface area contributed by atoms with Crippen molar-refractivity contribution in [2.24, 2.45) is 0 Å². The van der Waals surface area contributed by atoms with Crippen LogP contribution in [0.2, 0.25) is 0 Å². The van der Waals surface area contributed by atoms with E-state index in [1.807, 2.05) is 71.4 Å². The number of aryl methyl sites for hydroxylation is 2. The van der Waals surface area contributed by atoms with Gasteiger partial charge in [0.25, 0.3) is 0 Å². The van der Waals surface area contributed by atoms with Crippen LogP contribution < -0.4 is 0 Å². The zero-order valence-electron chi connectivity index (χ0n) is 11.5. The Labute approximate surface area is 100 Å². The van der Waals surface area contributed by atoms with Crippen molar-refractivity contribution in [3.8, 4) is 0 Å².